The summed E-state index contributed by atoms with van der Waals surface area (Å²) in [6, 6.07) is 0. The van der Waals surface area contributed by atoms with Gasteiger partial charge in [0.1, 0.15) is 5.60 Å². The molecular weight excluding hydrogens is 240 g/mol. The Morgan fingerprint density at radius 1 is 1.17 bits per heavy atom. The molecule has 7 nitrogen and oxygen atoms in total. The van der Waals surface area contributed by atoms with E-state index in [-0.39, 0.29) is 12.5 Å². The minimum Gasteiger partial charge on any atom is -0.479 e. The molecule has 1 atom stereocenters. The second-order valence-corrected chi connectivity index (χ2v) is 5.17. The zero-order valence-corrected chi connectivity index (χ0v) is 11.3. The quantitative estimate of drug-likeness (QED) is 0.682. The maximum atomic E-state index is 11.5. The van der Waals surface area contributed by atoms with Crippen LogP contribution in [-0.2, 0) is 14.3 Å². The molecule has 0 saturated carbocycles. The SMILES string of the molecule is CC(=O)NC[C@@](C)(NC(=O)OC(C)(C)C)C(=O)O. The smallest absolute Gasteiger partial charge is 0.408 e. The molecule has 0 fully saturated rings. The summed E-state index contributed by atoms with van der Waals surface area (Å²) in [5.74, 6) is -1.64. The minimum absolute atomic E-state index is 0.225. The topological polar surface area (TPSA) is 105 Å². The van der Waals surface area contributed by atoms with E-state index < -0.39 is 23.2 Å². The van der Waals surface area contributed by atoms with Crippen LogP contribution in [0.1, 0.15) is 34.6 Å². The van der Waals surface area contributed by atoms with E-state index in [0.717, 1.165) is 0 Å². The van der Waals surface area contributed by atoms with Crippen LogP contribution in [0.5, 0.6) is 0 Å². The van der Waals surface area contributed by atoms with Crippen LogP contribution in [0.2, 0.25) is 0 Å². The predicted octanol–water partition coefficient (Wildman–Crippen LogP) is 0.491. The summed E-state index contributed by atoms with van der Waals surface area (Å²) in [4.78, 5) is 33.4. The van der Waals surface area contributed by atoms with Crippen molar-refractivity contribution in [1.82, 2.24) is 10.6 Å². The molecule has 0 aromatic rings. The highest BCUT2D eigenvalue weighted by molar-refractivity contribution is 5.85. The largest absolute Gasteiger partial charge is 0.479 e. The number of carbonyl (C=O) groups excluding carboxylic acids is 2. The Hall–Kier alpha value is -1.79. The highest BCUT2D eigenvalue weighted by Gasteiger charge is 2.36. The van der Waals surface area contributed by atoms with E-state index in [1.54, 1.807) is 20.8 Å². The zero-order chi connectivity index (χ0) is 14.6. The Balaban J connectivity index is 4.66. The summed E-state index contributed by atoms with van der Waals surface area (Å²) >= 11 is 0. The van der Waals surface area contributed by atoms with Gasteiger partial charge in [0.2, 0.25) is 5.91 Å². The Morgan fingerprint density at radius 2 is 1.67 bits per heavy atom. The van der Waals surface area contributed by atoms with Crippen LogP contribution < -0.4 is 10.6 Å². The Labute approximate surface area is 106 Å². The van der Waals surface area contributed by atoms with Crippen molar-refractivity contribution in [3.05, 3.63) is 0 Å². The van der Waals surface area contributed by atoms with E-state index >= 15 is 0 Å². The van der Waals surface area contributed by atoms with Gasteiger partial charge in [0, 0.05) is 6.92 Å². The van der Waals surface area contributed by atoms with Gasteiger partial charge in [0.25, 0.3) is 0 Å². The molecule has 0 radical (unpaired) electrons. The van der Waals surface area contributed by atoms with Crippen LogP contribution in [0.3, 0.4) is 0 Å². The first-order chi connectivity index (χ1) is 7.96. The van der Waals surface area contributed by atoms with Crippen molar-refractivity contribution in [2.45, 2.75) is 45.8 Å². The number of hydrogen-bond donors (Lipinski definition) is 3. The minimum atomic E-state index is -1.62. The van der Waals surface area contributed by atoms with Gasteiger partial charge in [-0.15, -0.1) is 0 Å². The highest BCUT2D eigenvalue weighted by Crippen LogP contribution is 2.09. The molecule has 2 amide bonds. The third kappa shape index (κ3) is 6.07. The molecule has 0 saturated heterocycles. The molecule has 7 heteroatoms. The van der Waals surface area contributed by atoms with E-state index in [1.807, 2.05) is 0 Å². The molecular formula is C11H20N2O5. The van der Waals surface area contributed by atoms with Gasteiger partial charge < -0.3 is 20.5 Å². The van der Waals surface area contributed by atoms with Crippen molar-refractivity contribution in [2.24, 2.45) is 0 Å². The second-order valence-electron chi connectivity index (χ2n) is 5.17. The summed E-state index contributed by atoms with van der Waals surface area (Å²) in [6.45, 7) is 7.32. The third-order valence-corrected chi connectivity index (χ3v) is 1.94. The molecule has 0 aromatic heterocycles. The average molecular weight is 260 g/mol. The first-order valence-electron chi connectivity index (χ1n) is 5.45. The molecule has 18 heavy (non-hydrogen) atoms. The molecule has 0 unspecified atom stereocenters. The number of carboxylic acid groups (broad SMARTS) is 1. The van der Waals surface area contributed by atoms with Crippen LogP contribution >= 0.6 is 0 Å². The summed E-state index contributed by atoms with van der Waals surface area (Å²) in [7, 11) is 0. The van der Waals surface area contributed by atoms with Gasteiger partial charge in [0.05, 0.1) is 6.54 Å². The molecule has 0 spiro atoms. The molecule has 0 aliphatic heterocycles. The number of aliphatic carboxylic acids is 1. The van der Waals surface area contributed by atoms with E-state index in [2.05, 4.69) is 10.6 Å². The number of carbonyl (C=O) groups is 3. The van der Waals surface area contributed by atoms with Crippen molar-refractivity contribution >= 4 is 18.0 Å². The van der Waals surface area contributed by atoms with Gasteiger partial charge >= 0.3 is 12.1 Å². The Bertz CT molecular complexity index is 348. The van der Waals surface area contributed by atoms with Crippen molar-refractivity contribution < 1.29 is 24.2 Å². The molecule has 104 valence electrons. The van der Waals surface area contributed by atoms with Crippen LogP contribution in [-0.4, -0.2) is 40.8 Å². The van der Waals surface area contributed by atoms with E-state index in [4.69, 9.17) is 9.84 Å². The van der Waals surface area contributed by atoms with Crippen molar-refractivity contribution in [2.75, 3.05) is 6.54 Å². The van der Waals surface area contributed by atoms with Gasteiger partial charge in [-0.1, -0.05) is 0 Å². The summed E-state index contributed by atoms with van der Waals surface area (Å²) < 4.78 is 4.96. The lowest BCUT2D eigenvalue weighted by molar-refractivity contribution is -0.144. The van der Waals surface area contributed by atoms with Crippen LogP contribution in [0.4, 0.5) is 4.79 Å². The zero-order valence-electron chi connectivity index (χ0n) is 11.3. The van der Waals surface area contributed by atoms with Gasteiger partial charge in [-0.25, -0.2) is 9.59 Å². The number of hydrogen-bond acceptors (Lipinski definition) is 4. The number of carboxylic acids is 1. The first-order valence-corrected chi connectivity index (χ1v) is 5.45. The maximum Gasteiger partial charge on any atom is 0.408 e. The fourth-order valence-corrected chi connectivity index (χ4v) is 1.00. The lowest BCUT2D eigenvalue weighted by atomic mass is 10.0. The number of rotatable bonds is 4. The van der Waals surface area contributed by atoms with E-state index in [9.17, 15) is 14.4 Å². The van der Waals surface area contributed by atoms with Gasteiger partial charge in [-0.05, 0) is 27.7 Å². The molecule has 0 aliphatic rings. The van der Waals surface area contributed by atoms with Crippen LogP contribution in [0, 0.1) is 0 Å². The normalized spacial score (nSPS) is 14.3. The van der Waals surface area contributed by atoms with Crippen molar-refractivity contribution in [3.63, 3.8) is 0 Å². The van der Waals surface area contributed by atoms with Crippen molar-refractivity contribution in [3.8, 4) is 0 Å². The molecule has 0 bridgehead atoms. The average Bonchev–Trinajstić information content (AvgIpc) is 2.11. The number of nitrogens with one attached hydrogen (secondary N) is 2. The third-order valence-electron chi connectivity index (χ3n) is 1.94. The first kappa shape index (κ1) is 16.2. The Kier molecular flexibility index (Phi) is 5.13. The fourth-order valence-electron chi connectivity index (χ4n) is 1.00. The monoisotopic (exact) mass is 260 g/mol. The number of ether oxygens (including phenoxy) is 1. The van der Waals surface area contributed by atoms with Gasteiger partial charge in [0.15, 0.2) is 5.54 Å². The molecule has 3 N–H and O–H groups in total. The standard InChI is InChI=1S/C11H20N2O5/c1-7(14)12-6-11(5,8(15)16)13-9(17)18-10(2,3)4/h6H2,1-5H3,(H,12,14)(H,13,17)(H,15,16)/t11-/m1/s1. The fraction of sp³-hybridized carbons (Fsp3) is 0.727. The number of amides is 2. The lowest BCUT2D eigenvalue weighted by Crippen LogP contribution is -2.59. The highest BCUT2D eigenvalue weighted by atomic mass is 16.6. The van der Waals surface area contributed by atoms with Gasteiger partial charge in [-0.2, -0.15) is 0 Å². The van der Waals surface area contributed by atoms with E-state index in [0.29, 0.717) is 0 Å². The molecule has 0 rings (SSSR count). The van der Waals surface area contributed by atoms with Crippen LogP contribution in [0.15, 0.2) is 0 Å². The summed E-state index contributed by atoms with van der Waals surface area (Å²) in [5, 5.41) is 13.6. The lowest BCUT2D eigenvalue weighted by Gasteiger charge is -2.28. The summed E-state index contributed by atoms with van der Waals surface area (Å²) in [6.07, 6.45) is -0.849. The predicted molar refractivity (Wildman–Crippen MR) is 64.1 cm³/mol. The van der Waals surface area contributed by atoms with Crippen molar-refractivity contribution in [1.29, 1.82) is 0 Å². The number of alkyl carbamates (subject to hydrolysis) is 1. The van der Waals surface area contributed by atoms with Gasteiger partial charge in [-0.3, -0.25) is 4.79 Å². The Morgan fingerprint density at radius 3 is 2.00 bits per heavy atom. The maximum absolute atomic E-state index is 11.5. The summed E-state index contributed by atoms with van der Waals surface area (Å²) in [5.41, 5.74) is -2.34. The molecule has 0 aliphatic carbocycles. The molecule has 0 aromatic carbocycles. The van der Waals surface area contributed by atoms with E-state index in [1.165, 1.54) is 13.8 Å². The van der Waals surface area contributed by atoms with Crippen LogP contribution in [0.25, 0.3) is 0 Å². The second kappa shape index (κ2) is 5.70. The molecule has 0 heterocycles.